The zero-order valence-corrected chi connectivity index (χ0v) is 17.8. The van der Waals surface area contributed by atoms with Crippen LogP contribution in [0.1, 0.15) is 59.8 Å². The Hall–Kier alpha value is -2.97. The molecule has 9 heteroatoms. The molecule has 9 nitrogen and oxygen atoms in total. The van der Waals surface area contributed by atoms with Crippen LogP contribution in [0.5, 0.6) is 0 Å². The fourth-order valence-electron chi connectivity index (χ4n) is 4.95. The number of carbonyl (C=O) groups excluding carboxylic acids is 1. The highest BCUT2D eigenvalue weighted by molar-refractivity contribution is 6.05. The van der Waals surface area contributed by atoms with Crippen LogP contribution in [0.4, 0.5) is 5.69 Å². The largest absolute Gasteiger partial charge is 0.462 e. The Balaban J connectivity index is 1.58. The third-order valence-corrected chi connectivity index (χ3v) is 6.24. The molecule has 3 aromatic rings. The number of aryl methyl sites for hydroxylation is 3. The van der Waals surface area contributed by atoms with E-state index >= 15 is 0 Å². The highest BCUT2D eigenvalue weighted by atomic mass is 16.5. The molecule has 158 valence electrons. The molecule has 0 N–H and O–H groups in total. The number of fused-ring (bicyclic) bond motifs is 2. The summed E-state index contributed by atoms with van der Waals surface area (Å²) in [6, 6.07) is 0. The number of aromatic nitrogens is 6. The molecule has 5 heterocycles. The van der Waals surface area contributed by atoms with E-state index in [1.807, 2.05) is 20.9 Å². The molecule has 0 aromatic carbocycles. The van der Waals surface area contributed by atoms with Crippen LogP contribution < -0.4 is 4.90 Å². The van der Waals surface area contributed by atoms with Crippen molar-refractivity contribution in [3.8, 4) is 0 Å². The minimum Gasteiger partial charge on any atom is -0.462 e. The first-order valence-corrected chi connectivity index (χ1v) is 10.7. The molecule has 1 unspecified atom stereocenters. The molecule has 2 aliphatic rings. The summed E-state index contributed by atoms with van der Waals surface area (Å²) in [7, 11) is 1.88. The maximum absolute atomic E-state index is 12.8. The molecule has 2 aliphatic heterocycles. The number of hydrogen-bond acceptors (Lipinski definition) is 7. The van der Waals surface area contributed by atoms with Crippen LogP contribution in [0, 0.1) is 6.92 Å². The summed E-state index contributed by atoms with van der Waals surface area (Å²) in [6.07, 6.45) is 5.88. The summed E-state index contributed by atoms with van der Waals surface area (Å²) in [6.45, 7) is 6.78. The van der Waals surface area contributed by atoms with Gasteiger partial charge in [-0.3, -0.25) is 4.68 Å². The van der Waals surface area contributed by atoms with Crippen molar-refractivity contribution in [3.63, 3.8) is 0 Å². The van der Waals surface area contributed by atoms with Crippen LogP contribution in [-0.4, -0.2) is 55.2 Å². The number of anilines is 1. The van der Waals surface area contributed by atoms with Gasteiger partial charge in [0.2, 0.25) is 0 Å². The van der Waals surface area contributed by atoms with E-state index in [1.165, 1.54) is 0 Å². The van der Waals surface area contributed by atoms with E-state index in [1.54, 1.807) is 10.9 Å². The molecule has 0 saturated carbocycles. The van der Waals surface area contributed by atoms with Crippen LogP contribution in [0.3, 0.4) is 0 Å². The third-order valence-electron chi connectivity index (χ3n) is 6.24. The average molecular weight is 409 g/mol. The topological polar surface area (TPSA) is 91.0 Å². The number of hydrogen-bond donors (Lipinski definition) is 0. The second kappa shape index (κ2) is 7.37. The van der Waals surface area contributed by atoms with Gasteiger partial charge in [0, 0.05) is 45.2 Å². The Morgan fingerprint density at radius 2 is 2.13 bits per heavy atom. The number of carbonyl (C=O) groups is 1. The van der Waals surface area contributed by atoms with E-state index in [2.05, 4.69) is 29.7 Å². The van der Waals surface area contributed by atoms with Crippen LogP contribution in [0.2, 0.25) is 0 Å². The van der Waals surface area contributed by atoms with E-state index in [0.717, 1.165) is 79.4 Å². The Bertz CT molecular complexity index is 1120. The van der Waals surface area contributed by atoms with Crippen molar-refractivity contribution in [1.29, 1.82) is 0 Å². The quantitative estimate of drug-likeness (QED) is 0.611. The van der Waals surface area contributed by atoms with Crippen molar-refractivity contribution in [2.75, 3.05) is 24.6 Å². The van der Waals surface area contributed by atoms with E-state index in [0.29, 0.717) is 12.2 Å². The molecule has 1 atom stereocenters. The van der Waals surface area contributed by atoms with Crippen molar-refractivity contribution < 1.29 is 9.53 Å². The van der Waals surface area contributed by atoms with Crippen molar-refractivity contribution in [2.45, 2.75) is 52.0 Å². The van der Waals surface area contributed by atoms with E-state index in [4.69, 9.17) is 4.74 Å². The zero-order valence-electron chi connectivity index (χ0n) is 17.8. The number of esters is 1. The minimum absolute atomic E-state index is 0.285. The van der Waals surface area contributed by atoms with Gasteiger partial charge < -0.3 is 14.2 Å². The number of rotatable bonds is 4. The highest BCUT2D eigenvalue weighted by Gasteiger charge is 2.32. The lowest BCUT2D eigenvalue weighted by molar-refractivity contribution is 0.0526. The SMILES string of the molecule is CCOC(=O)c1cnc2c(c(C)nn2C)c1N1CCCC(c2nnc3n2CCC3)C1. The van der Waals surface area contributed by atoms with Gasteiger partial charge in [0.15, 0.2) is 5.65 Å². The Morgan fingerprint density at radius 1 is 1.27 bits per heavy atom. The predicted molar refractivity (Wildman–Crippen MR) is 112 cm³/mol. The molecule has 0 spiro atoms. The molecule has 1 fully saturated rings. The van der Waals surface area contributed by atoms with Crippen molar-refractivity contribution in [3.05, 3.63) is 29.1 Å². The van der Waals surface area contributed by atoms with Crippen LogP contribution in [0.15, 0.2) is 6.20 Å². The first-order chi connectivity index (χ1) is 14.6. The van der Waals surface area contributed by atoms with Gasteiger partial charge in [-0.05, 0) is 33.1 Å². The maximum Gasteiger partial charge on any atom is 0.341 e. The summed E-state index contributed by atoms with van der Waals surface area (Å²) in [5, 5.41) is 14.4. The average Bonchev–Trinajstić information content (AvgIpc) is 3.43. The molecule has 0 amide bonds. The van der Waals surface area contributed by atoms with Gasteiger partial charge in [0.05, 0.1) is 23.4 Å². The van der Waals surface area contributed by atoms with Crippen LogP contribution in [0.25, 0.3) is 11.0 Å². The summed E-state index contributed by atoms with van der Waals surface area (Å²) in [5.41, 5.74) is 3.04. The first-order valence-electron chi connectivity index (χ1n) is 10.7. The predicted octanol–water partition coefficient (Wildman–Crippen LogP) is 2.38. The number of nitrogens with zero attached hydrogens (tertiary/aromatic N) is 7. The van der Waals surface area contributed by atoms with Crippen LogP contribution >= 0.6 is 0 Å². The lowest BCUT2D eigenvalue weighted by Gasteiger charge is -2.35. The molecule has 0 aliphatic carbocycles. The van der Waals surface area contributed by atoms with Gasteiger partial charge in [-0.25, -0.2) is 9.78 Å². The minimum atomic E-state index is -0.337. The molecule has 1 saturated heterocycles. The molecule has 3 aromatic heterocycles. The van der Waals surface area contributed by atoms with Gasteiger partial charge in [-0.1, -0.05) is 0 Å². The van der Waals surface area contributed by atoms with E-state index < -0.39 is 0 Å². The lowest BCUT2D eigenvalue weighted by Crippen LogP contribution is -2.36. The Kier molecular flexibility index (Phi) is 4.67. The zero-order chi connectivity index (χ0) is 20.8. The summed E-state index contributed by atoms with van der Waals surface area (Å²) in [5.74, 6) is 2.13. The number of pyridine rings is 1. The number of ether oxygens (including phenoxy) is 1. The number of piperidine rings is 1. The fraction of sp³-hybridized carbons (Fsp3) is 0.571. The van der Waals surface area contributed by atoms with Crippen molar-refractivity contribution >= 4 is 22.7 Å². The lowest BCUT2D eigenvalue weighted by atomic mass is 9.95. The summed E-state index contributed by atoms with van der Waals surface area (Å²) >= 11 is 0. The van der Waals surface area contributed by atoms with Crippen molar-refractivity contribution in [2.24, 2.45) is 7.05 Å². The standard InChI is InChI=1S/C21H27N7O2/c1-4-30-21(29)15-11-22-20-17(13(2)25-26(20)3)18(15)27-9-5-7-14(12-27)19-24-23-16-8-6-10-28(16)19/h11,14H,4-10,12H2,1-3H3. The second-order valence-electron chi connectivity index (χ2n) is 8.16. The molecule has 0 bridgehead atoms. The van der Waals surface area contributed by atoms with E-state index in [9.17, 15) is 4.79 Å². The Morgan fingerprint density at radius 3 is 2.97 bits per heavy atom. The van der Waals surface area contributed by atoms with Gasteiger partial charge in [0.25, 0.3) is 0 Å². The summed E-state index contributed by atoms with van der Waals surface area (Å²) in [4.78, 5) is 19.6. The van der Waals surface area contributed by atoms with Gasteiger partial charge in [-0.2, -0.15) is 5.10 Å². The summed E-state index contributed by atoms with van der Waals surface area (Å²) < 4.78 is 9.42. The molecular formula is C21H27N7O2. The smallest absolute Gasteiger partial charge is 0.341 e. The van der Waals surface area contributed by atoms with Gasteiger partial charge >= 0.3 is 5.97 Å². The second-order valence-corrected chi connectivity index (χ2v) is 8.16. The van der Waals surface area contributed by atoms with Crippen LogP contribution in [-0.2, 0) is 24.8 Å². The van der Waals surface area contributed by atoms with Gasteiger partial charge in [0.1, 0.15) is 17.2 Å². The molecule has 5 rings (SSSR count). The van der Waals surface area contributed by atoms with Crippen molar-refractivity contribution in [1.82, 2.24) is 29.5 Å². The molecule has 30 heavy (non-hydrogen) atoms. The Labute approximate surface area is 175 Å². The van der Waals surface area contributed by atoms with E-state index in [-0.39, 0.29) is 11.9 Å². The molecular weight excluding hydrogens is 382 g/mol. The highest BCUT2D eigenvalue weighted by Crippen LogP contribution is 2.37. The normalized spacial score (nSPS) is 18.8. The first kappa shape index (κ1) is 19.0. The fourth-order valence-corrected chi connectivity index (χ4v) is 4.95. The van der Waals surface area contributed by atoms with Gasteiger partial charge in [-0.15, -0.1) is 10.2 Å². The third kappa shape index (κ3) is 2.95. The monoisotopic (exact) mass is 409 g/mol. The maximum atomic E-state index is 12.8. The molecule has 0 radical (unpaired) electrons.